The smallest absolute Gasteiger partial charge is 0.254 e. The molecular formula is C8H5Cl2NOS. The number of carbonyl (C=O) groups excluding carboxylic acids is 1. The lowest BCUT2D eigenvalue weighted by Gasteiger charge is -1.97. The third-order valence-corrected chi connectivity index (χ3v) is 2.74. The van der Waals surface area contributed by atoms with E-state index in [1.54, 1.807) is 0 Å². The first-order valence-corrected chi connectivity index (χ1v) is 4.89. The summed E-state index contributed by atoms with van der Waals surface area (Å²) in [5.41, 5.74) is 0.368. The van der Waals surface area contributed by atoms with Gasteiger partial charge in [-0.2, -0.15) is 0 Å². The van der Waals surface area contributed by atoms with Gasteiger partial charge >= 0.3 is 0 Å². The third-order valence-electron chi connectivity index (χ3n) is 1.25. The van der Waals surface area contributed by atoms with E-state index in [9.17, 15) is 4.79 Å². The van der Waals surface area contributed by atoms with Gasteiger partial charge < -0.3 is 5.32 Å². The molecule has 1 aromatic rings. The molecule has 1 N–H and O–H groups in total. The fraction of sp³-hybridized carbons (Fsp3) is 0.125. The van der Waals surface area contributed by atoms with Crippen LogP contribution in [-0.4, -0.2) is 12.5 Å². The number of carbonyl (C=O) groups is 1. The van der Waals surface area contributed by atoms with E-state index in [-0.39, 0.29) is 12.5 Å². The average molecular weight is 234 g/mol. The van der Waals surface area contributed by atoms with Crippen molar-refractivity contribution in [1.29, 1.82) is 0 Å². The summed E-state index contributed by atoms with van der Waals surface area (Å²) in [5.74, 6) is 1.99. The lowest BCUT2D eigenvalue weighted by atomic mass is 10.3. The second-order valence-electron chi connectivity index (χ2n) is 2.12. The van der Waals surface area contributed by atoms with Crippen molar-refractivity contribution in [2.24, 2.45) is 0 Å². The molecule has 0 aliphatic rings. The Bertz CT molecular complexity index is 367. The molecule has 1 rings (SSSR count). The van der Waals surface area contributed by atoms with Crippen molar-refractivity contribution in [1.82, 2.24) is 5.32 Å². The van der Waals surface area contributed by atoms with Crippen LogP contribution in [0.2, 0.25) is 8.67 Å². The van der Waals surface area contributed by atoms with Crippen molar-refractivity contribution in [3.8, 4) is 12.3 Å². The Morgan fingerprint density at radius 2 is 2.38 bits per heavy atom. The minimum Gasteiger partial charge on any atom is -0.341 e. The molecule has 2 nitrogen and oxygen atoms in total. The van der Waals surface area contributed by atoms with E-state index in [1.807, 2.05) is 0 Å². The van der Waals surface area contributed by atoms with E-state index in [0.717, 1.165) is 11.3 Å². The van der Waals surface area contributed by atoms with Crippen LogP contribution in [0.15, 0.2) is 6.07 Å². The fourth-order valence-corrected chi connectivity index (χ4v) is 2.18. The number of rotatable bonds is 2. The molecule has 0 radical (unpaired) electrons. The number of amides is 1. The maximum Gasteiger partial charge on any atom is 0.254 e. The highest BCUT2D eigenvalue weighted by molar-refractivity contribution is 7.20. The summed E-state index contributed by atoms with van der Waals surface area (Å²) < 4.78 is 0.857. The fourth-order valence-electron chi connectivity index (χ4n) is 0.722. The van der Waals surface area contributed by atoms with Gasteiger partial charge in [-0.1, -0.05) is 29.1 Å². The quantitative estimate of drug-likeness (QED) is 0.782. The predicted octanol–water partition coefficient (Wildman–Crippen LogP) is 2.42. The van der Waals surface area contributed by atoms with Gasteiger partial charge in [0.15, 0.2) is 0 Å². The topological polar surface area (TPSA) is 29.1 Å². The Kier molecular flexibility index (Phi) is 3.61. The molecule has 0 saturated heterocycles. The molecule has 0 aromatic carbocycles. The number of halogens is 2. The molecule has 0 fully saturated rings. The van der Waals surface area contributed by atoms with Crippen molar-refractivity contribution in [3.05, 3.63) is 20.3 Å². The number of hydrogen-bond acceptors (Lipinski definition) is 2. The Labute approximate surface area is 89.8 Å². The van der Waals surface area contributed by atoms with Crippen LogP contribution in [-0.2, 0) is 0 Å². The van der Waals surface area contributed by atoms with Gasteiger partial charge in [0.25, 0.3) is 5.91 Å². The lowest BCUT2D eigenvalue weighted by Crippen LogP contribution is -2.23. The van der Waals surface area contributed by atoms with Crippen LogP contribution in [0, 0.1) is 12.3 Å². The first-order valence-electron chi connectivity index (χ1n) is 3.31. The van der Waals surface area contributed by atoms with Crippen LogP contribution in [0.25, 0.3) is 0 Å². The first-order chi connectivity index (χ1) is 6.15. The molecule has 0 saturated carbocycles. The maximum absolute atomic E-state index is 11.3. The van der Waals surface area contributed by atoms with Crippen LogP contribution in [0.3, 0.4) is 0 Å². The molecule has 13 heavy (non-hydrogen) atoms. The van der Waals surface area contributed by atoms with Gasteiger partial charge in [-0.15, -0.1) is 17.8 Å². The molecule has 0 atom stereocenters. The van der Waals surface area contributed by atoms with Gasteiger partial charge in [0.05, 0.1) is 16.4 Å². The van der Waals surface area contributed by atoms with Gasteiger partial charge in [0.2, 0.25) is 0 Å². The predicted molar refractivity (Wildman–Crippen MR) is 55.5 cm³/mol. The van der Waals surface area contributed by atoms with Crippen molar-refractivity contribution < 1.29 is 4.79 Å². The number of nitrogens with one attached hydrogen (secondary N) is 1. The van der Waals surface area contributed by atoms with E-state index in [1.165, 1.54) is 6.07 Å². The van der Waals surface area contributed by atoms with Crippen LogP contribution in [0.1, 0.15) is 10.4 Å². The zero-order valence-electron chi connectivity index (χ0n) is 6.43. The van der Waals surface area contributed by atoms with E-state index in [4.69, 9.17) is 29.6 Å². The minimum atomic E-state index is -0.300. The number of terminal acetylenes is 1. The number of hydrogen-bond donors (Lipinski definition) is 1. The van der Waals surface area contributed by atoms with E-state index in [0.29, 0.717) is 14.2 Å². The average Bonchev–Trinajstić information content (AvgIpc) is 2.41. The molecule has 5 heteroatoms. The van der Waals surface area contributed by atoms with Crippen LogP contribution < -0.4 is 5.32 Å². The summed E-state index contributed by atoms with van der Waals surface area (Å²) in [5, 5.41) is 2.49. The third kappa shape index (κ3) is 2.63. The van der Waals surface area contributed by atoms with Crippen LogP contribution >= 0.6 is 34.5 Å². The first kappa shape index (κ1) is 10.4. The van der Waals surface area contributed by atoms with Gasteiger partial charge in [0.1, 0.15) is 4.34 Å². The zero-order chi connectivity index (χ0) is 9.84. The summed E-state index contributed by atoms with van der Waals surface area (Å²) in [6.45, 7) is 0.183. The molecule has 0 spiro atoms. The van der Waals surface area contributed by atoms with Crippen LogP contribution in [0.5, 0.6) is 0 Å². The summed E-state index contributed by atoms with van der Waals surface area (Å²) >= 11 is 12.5. The Morgan fingerprint density at radius 1 is 1.69 bits per heavy atom. The molecule has 1 aromatic heterocycles. The second kappa shape index (κ2) is 4.52. The lowest BCUT2D eigenvalue weighted by molar-refractivity contribution is 0.0959. The SMILES string of the molecule is C#CCNC(=O)c1cc(Cl)sc1Cl. The highest BCUT2D eigenvalue weighted by Crippen LogP contribution is 2.30. The summed E-state index contributed by atoms with van der Waals surface area (Å²) in [4.78, 5) is 11.3. The molecule has 0 bridgehead atoms. The van der Waals surface area contributed by atoms with Crippen molar-refractivity contribution in [3.63, 3.8) is 0 Å². The summed E-state index contributed by atoms with van der Waals surface area (Å²) in [6, 6.07) is 1.51. The molecule has 0 unspecified atom stereocenters. The summed E-state index contributed by atoms with van der Waals surface area (Å²) in [6.07, 6.45) is 4.98. The standard InChI is InChI=1S/C8H5Cl2NOS/c1-2-3-11-8(12)5-4-6(9)13-7(5)10/h1,4H,3H2,(H,11,12). The minimum absolute atomic E-state index is 0.183. The highest BCUT2D eigenvalue weighted by Gasteiger charge is 2.12. The van der Waals surface area contributed by atoms with Crippen LogP contribution in [0.4, 0.5) is 0 Å². The van der Waals surface area contributed by atoms with E-state index in [2.05, 4.69) is 11.2 Å². The van der Waals surface area contributed by atoms with Gasteiger partial charge in [-0.3, -0.25) is 4.79 Å². The Balaban J connectivity index is 2.78. The van der Waals surface area contributed by atoms with Crippen molar-refractivity contribution in [2.75, 3.05) is 6.54 Å². The normalized spacial score (nSPS) is 9.31. The Hall–Kier alpha value is -0.690. The van der Waals surface area contributed by atoms with E-state index >= 15 is 0 Å². The highest BCUT2D eigenvalue weighted by atomic mass is 35.5. The second-order valence-corrected chi connectivity index (χ2v) is 4.41. The van der Waals surface area contributed by atoms with E-state index < -0.39 is 0 Å². The maximum atomic E-state index is 11.3. The largest absolute Gasteiger partial charge is 0.341 e. The molecule has 0 aliphatic carbocycles. The molecule has 0 aliphatic heterocycles. The molecule has 1 amide bonds. The number of thiophene rings is 1. The van der Waals surface area contributed by atoms with Crippen molar-refractivity contribution in [2.45, 2.75) is 0 Å². The summed E-state index contributed by atoms with van der Waals surface area (Å²) in [7, 11) is 0. The van der Waals surface area contributed by atoms with Gasteiger partial charge in [-0.25, -0.2) is 0 Å². The van der Waals surface area contributed by atoms with Gasteiger partial charge in [0, 0.05) is 0 Å². The molecule has 1 heterocycles. The van der Waals surface area contributed by atoms with Crippen molar-refractivity contribution >= 4 is 40.4 Å². The Morgan fingerprint density at radius 3 is 2.85 bits per heavy atom. The monoisotopic (exact) mass is 233 g/mol. The zero-order valence-corrected chi connectivity index (χ0v) is 8.76. The van der Waals surface area contributed by atoms with Gasteiger partial charge in [-0.05, 0) is 6.07 Å². The molecule has 68 valence electrons. The molecular weight excluding hydrogens is 229 g/mol.